The van der Waals surface area contributed by atoms with Gasteiger partial charge in [-0.15, -0.1) is 0 Å². The predicted octanol–water partition coefficient (Wildman–Crippen LogP) is 2.61. The van der Waals surface area contributed by atoms with Crippen molar-refractivity contribution in [2.75, 3.05) is 5.32 Å². The summed E-state index contributed by atoms with van der Waals surface area (Å²) in [5.74, 6) is 0.352. The molecule has 0 atom stereocenters. The van der Waals surface area contributed by atoms with Crippen molar-refractivity contribution in [3.05, 3.63) is 66.0 Å². The van der Waals surface area contributed by atoms with Crippen LogP contribution in [0.25, 0.3) is 10.9 Å². The van der Waals surface area contributed by atoms with E-state index in [1.54, 1.807) is 12.1 Å². The maximum atomic E-state index is 12.2. The second-order valence-corrected chi connectivity index (χ2v) is 4.58. The summed E-state index contributed by atoms with van der Waals surface area (Å²) in [5.41, 5.74) is 2.30. The number of H-pyrrole nitrogens is 1. The highest BCUT2D eigenvalue weighted by atomic mass is 16.1. The van der Waals surface area contributed by atoms with Crippen LogP contribution < -0.4 is 10.3 Å². The number of nitrogens with zero attached hydrogens (tertiary/aromatic N) is 1. The lowest BCUT2D eigenvalue weighted by molar-refractivity contribution is -0.348. The summed E-state index contributed by atoms with van der Waals surface area (Å²) in [6.45, 7) is 1.89. The first-order valence-corrected chi connectivity index (χ1v) is 6.38. The van der Waals surface area contributed by atoms with Crippen LogP contribution in [0.15, 0.2) is 54.6 Å². The molecule has 0 unspecified atom stereocenters. The number of aromatic nitrogens is 2. The van der Waals surface area contributed by atoms with Gasteiger partial charge in [-0.1, -0.05) is 18.2 Å². The van der Waals surface area contributed by atoms with Gasteiger partial charge < -0.3 is 5.32 Å². The molecule has 0 spiro atoms. The van der Waals surface area contributed by atoms with Crippen molar-refractivity contribution >= 4 is 22.6 Å². The molecule has 0 fully saturated rings. The van der Waals surface area contributed by atoms with Gasteiger partial charge in [-0.25, -0.2) is 9.97 Å². The Bertz CT molecular complexity index is 783. The summed E-state index contributed by atoms with van der Waals surface area (Å²) in [4.78, 5) is 19.6. The zero-order valence-corrected chi connectivity index (χ0v) is 11.1. The number of anilines is 1. The monoisotopic (exact) mass is 264 g/mol. The van der Waals surface area contributed by atoms with Gasteiger partial charge in [0, 0.05) is 23.2 Å². The Morgan fingerprint density at radius 1 is 1.05 bits per heavy atom. The van der Waals surface area contributed by atoms with Gasteiger partial charge in [0.05, 0.1) is 0 Å². The molecule has 0 saturated carbocycles. The number of pyridine rings is 2. The van der Waals surface area contributed by atoms with E-state index in [-0.39, 0.29) is 5.91 Å². The highest BCUT2D eigenvalue weighted by Gasteiger charge is 2.14. The van der Waals surface area contributed by atoms with E-state index < -0.39 is 0 Å². The second-order valence-electron chi connectivity index (χ2n) is 4.58. The molecule has 0 aliphatic carbocycles. The summed E-state index contributed by atoms with van der Waals surface area (Å²) in [5, 5.41) is 3.85. The van der Waals surface area contributed by atoms with Crippen molar-refractivity contribution in [1.29, 1.82) is 0 Å². The van der Waals surface area contributed by atoms with Gasteiger partial charge in [0.2, 0.25) is 5.52 Å². The van der Waals surface area contributed by atoms with Gasteiger partial charge in [0.25, 0.3) is 5.69 Å². The zero-order chi connectivity index (χ0) is 13.9. The molecule has 0 bridgehead atoms. The molecule has 2 N–H and O–H groups in total. The summed E-state index contributed by atoms with van der Waals surface area (Å²) >= 11 is 0. The van der Waals surface area contributed by atoms with Gasteiger partial charge in [-0.05, 0) is 31.2 Å². The lowest BCUT2D eigenvalue weighted by Gasteiger charge is -2.02. The largest absolute Gasteiger partial charge is 0.321 e. The first kappa shape index (κ1) is 12.3. The van der Waals surface area contributed by atoms with Gasteiger partial charge in [0.15, 0.2) is 0 Å². The fourth-order valence-electron chi connectivity index (χ4n) is 2.04. The van der Waals surface area contributed by atoms with Crippen LogP contribution in [0, 0.1) is 6.92 Å². The number of para-hydroxylation sites is 1. The number of aromatic amines is 1. The lowest BCUT2D eigenvalue weighted by atomic mass is 10.2. The second kappa shape index (κ2) is 5.09. The molecule has 98 valence electrons. The average molecular weight is 264 g/mol. The van der Waals surface area contributed by atoms with Crippen molar-refractivity contribution < 1.29 is 9.78 Å². The number of hydrogen-bond acceptors (Lipinski definition) is 2. The highest BCUT2D eigenvalue weighted by molar-refractivity contribution is 6.01. The summed E-state index contributed by atoms with van der Waals surface area (Å²) < 4.78 is 0. The maximum Gasteiger partial charge on any atom is 0.321 e. The quantitative estimate of drug-likeness (QED) is 0.773. The Morgan fingerprint density at radius 3 is 2.75 bits per heavy atom. The Hall–Kier alpha value is -2.75. The van der Waals surface area contributed by atoms with E-state index in [1.165, 1.54) is 0 Å². The minimum absolute atomic E-state index is 0.200. The third-order valence-corrected chi connectivity index (χ3v) is 3.03. The Kier molecular flexibility index (Phi) is 3.13. The number of benzene rings is 1. The van der Waals surface area contributed by atoms with Crippen LogP contribution in [-0.4, -0.2) is 10.9 Å². The van der Waals surface area contributed by atoms with E-state index >= 15 is 0 Å². The molecule has 1 amide bonds. The molecule has 3 rings (SSSR count). The highest BCUT2D eigenvalue weighted by Crippen LogP contribution is 2.10. The van der Waals surface area contributed by atoms with Crippen molar-refractivity contribution in [3.8, 4) is 0 Å². The molecular formula is C16H14N3O+. The van der Waals surface area contributed by atoms with Crippen LogP contribution in [-0.2, 0) is 0 Å². The molecule has 20 heavy (non-hydrogen) atoms. The number of aryl methyl sites for hydroxylation is 1. The maximum absolute atomic E-state index is 12.2. The van der Waals surface area contributed by atoms with E-state index in [1.807, 2.05) is 49.4 Å². The topological polar surface area (TPSA) is 56.1 Å². The molecule has 1 aromatic carbocycles. The van der Waals surface area contributed by atoms with E-state index in [0.29, 0.717) is 11.5 Å². The van der Waals surface area contributed by atoms with Crippen molar-refractivity contribution in [2.24, 2.45) is 0 Å². The van der Waals surface area contributed by atoms with E-state index in [9.17, 15) is 4.79 Å². The van der Waals surface area contributed by atoms with Crippen LogP contribution in [0.4, 0.5) is 5.82 Å². The number of nitrogens with one attached hydrogen (secondary N) is 2. The Labute approximate surface area is 116 Å². The molecule has 0 aliphatic rings. The van der Waals surface area contributed by atoms with E-state index in [2.05, 4.69) is 15.3 Å². The van der Waals surface area contributed by atoms with Crippen LogP contribution in [0.5, 0.6) is 0 Å². The standard InChI is InChI=1S/C16H13N3O/c1-11-5-4-8-15(17-11)19-16(20)14-10-9-12-6-2-3-7-13(12)18-14/h2-10H,1H3,(H,17,19,20)/p+1. The molecule has 0 aliphatic heterocycles. The summed E-state index contributed by atoms with van der Waals surface area (Å²) in [6.07, 6.45) is 0. The molecule has 0 radical (unpaired) electrons. The number of fused-ring (bicyclic) bond motifs is 1. The van der Waals surface area contributed by atoms with Gasteiger partial charge >= 0.3 is 5.91 Å². The minimum atomic E-state index is -0.200. The first-order chi connectivity index (χ1) is 9.72. The fourth-order valence-corrected chi connectivity index (χ4v) is 2.04. The molecule has 4 nitrogen and oxygen atoms in total. The summed E-state index contributed by atoms with van der Waals surface area (Å²) in [6, 6.07) is 17.0. The summed E-state index contributed by atoms with van der Waals surface area (Å²) in [7, 11) is 0. The molecule has 2 aromatic heterocycles. The van der Waals surface area contributed by atoms with Crippen molar-refractivity contribution in [1.82, 2.24) is 4.98 Å². The van der Waals surface area contributed by atoms with E-state index in [4.69, 9.17) is 0 Å². The van der Waals surface area contributed by atoms with Crippen LogP contribution >= 0.6 is 0 Å². The van der Waals surface area contributed by atoms with Crippen LogP contribution in [0.3, 0.4) is 0 Å². The molecule has 3 aromatic rings. The van der Waals surface area contributed by atoms with Crippen molar-refractivity contribution in [3.63, 3.8) is 0 Å². The van der Waals surface area contributed by atoms with Crippen molar-refractivity contribution in [2.45, 2.75) is 6.92 Å². The minimum Gasteiger partial charge on any atom is -0.301 e. The third kappa shape index (κ3) is 2.49. The van der Waals surface area contributed by atoms with E-state index in [0.717, 1.165) is 16.6 Å². The van der Waals surface area contributed by atoms with Gasteiger partial charge in [0.1, 0.15) is 5.82 Å². The van der Waals surface area contributed by atoms with Gasteiger partial charge in [-0.3, -0.25) is 4.79 Å². The SMILES string of the molecule is Cc1cccc(NC(=O)c2ccc3ccccc3[nH+]2)n1. The number of amides is 1. The number of hydrogen-bond donors (Lipinski definition) is 1. The smallest absolute Gasteiger partial charge is 0.301 e. The number of carbonyl (C=O) groups excluding carboxylic acids is 1. The first-order valence-electron chi connectivity index (χ1n) is 6.38. The fraction of sp³-hybridized carbons (Fsp3) is 0.0625. The number of carbonyl (C=O) groups is 1. The average Bonchev–Trinajstić information content (AvgIpc) is 2.47. The molecular weight excluding hydrogens is 250 g/mol. The van der Waals surface area contributed by atoms with Crippen LogP contribution in [0.1, 0.15) is 16.2 Å². The van der Waals surface area contributed by atoms with Crippen LogP contribution in [0.2, 0.25) is 0 Å². The normalized spacial score (nSPS) is 10.4. The molecule has 4 heteroatoms. The predicted molar refractivity (Wildman–Crippen MR) is 77.4 cm³/mol. The zero-order valence-electron chi connectivity index (χ0n) is 11.1. The molecule has 0 saturated heterocycles. The number of rotatable bonds is 2. The van der Waals surface area contributed by atoms with Gasteiger partial charge in [-0.2, -0.15) is 0 Å². The Morgan fingerprint density at radius 2 is 1.90 bits per heavy atom. The molecule has 2 heterocycles. The lowest BCUT2D eigenvalue weighted by Crippen LogP contribution is -2.23. The third-order valence-electron chi connectivity index (χ3n) is 3.03. The Balaban J connectivity index is 1.88.